The second-order valence-electron chi connectivity index (χ2n) is 6.16. The van der Waals surface area contributed by atoms with Crippen LogP contribution in [0.3, 0.4) is 0 Å². The summed E-state index contributed by atoms with van der Waals surface area (Å²) in [6, 6.07) is 6.63. The first-order valence-corrected chi connectivity index (χ1v) is 8.07. The molecule has 9 heteroatoms. The molecule has 27 heavy (non-hydrogen) atoms. The fourth-order valence-corrected chi connectivity index (χ4v) is 2.62. The zero-order valence-corrected chi connectivity index (χ0v) is 13.8. The van der Waals surface area contributed by atoms with E-state index in [1.54, 1.807) is 0 Å². The predicted octanol–water partition coefficient (Wildman–Crippen LogP) is 4.72. The van der Waals surface area contributed by atoms with Crippen molar-refractivity contribution in [2.45, 2.75) is 31.2 Å². The first kappa shape index (κ1) is 18.9. The smallest absolute Gasteiger partial charge is 0.416 e. The second kappa shape index (κ2) is 7.42. The average molecular weight is 386 g/mol. The number of alkyl halides is 3. The minimum atomic E-state index is -4.40. The summed E-state index contributed by atoms with van der Waals surface area (Å²) in [5, 5.41) is 5.04. The maximum atomic E-state index is 13.1. The molecule has 0 saturated heterocycles. The number of nitrogens with one attached hydrogen (secondary N) is 2. The number of carbonyl (C=O) groups is 1. The molecule has 1 aliphatic carbocycles. The van der Waals surface area contributed by atoms with Gasteiger partial charge in [0.25, 0.3) is 0 Å². The number of hydrogen-bond acceptors (Lipinski definition) is 2. The predicted molar refractivity (Wildman–Crippen MR) is 87.4 cm³/mol. The van der Waals surface area contributed by atoms with Crippen LogP contribution in [0.5, 0.6) is 5.75 Å². The number of benzene rings is 2. The monoisotopic (exact) mass is 386 g/mol. The second-order valence-corrected chi connectivity index (χ2v) is 6.16. The molecule has 0 aliphatic heterocycles. The number of amides is 2. The summed E-state index contributed by atoms with van der Waals surface area (Å²) in [5.41, 5.74) is -0.639. The molecule has 0 heterocycles. The number of urea groups is 1. The van der Waals surface area contributed by atoms with Crippen molar-refractivity contribution in [3.8, 4) is 5.75 Å². The molecule has 0 spiro atoms. The number of anilines is 1. The third kappa shape index (κ3) is 4.87. The van der Waals surface area contributed by atoms with Crippen molar-refractivity contribution >= 4 is 11.7 Å². The molecule has 0 aromatic heterocycles. The Morgan fingerprint density at radius 3 is 2.26 bits per heavy atom. The van der Waals surface area contributed by atoms with Gasteiger partial charge in [-0.2, -0.15) is 13.2 Å². The maximum absolute atomic E-state index is 13.1. The lowest BCUT2D eigenvalue weighted by Gasteiger charge is -2.35. The molecule has 2 N–H and O–H groups in total. The SMILES string of the molecule is O=C(Nc1ccc(F)c(F)c1)N[C@H]1C[C@H](Oc2ccc(C(F)(F)F)cc2)C1. The topological polar surface area (TPSA) is 50.4 Å². The Balaban J connectivity index is 1.43. The Morgan fingerprint density at radius 2 is 1.67 bits per heavy atom. The van der Waals surface area contributed by atoms with E-state index in [0.29, 0.717) is 18.6 Å². The minimum absolute atomic E-state index is 0.114. The average Bonchev–Trinajstić information content (AvgIpc) is 2.56. The van der Waals surface area contributed by atoms with Gasteiger partial charge < -0.3 is 15.4 Å². The van der Waals surface area contributed by atoms with E-state index in [1.807, 2.05) is 0 Å². The number of ether oxygens (including phenoxy) is 1. The highest BCUT2D eigenvalue weighted by Gasteiger charge is 2.33. The van der Waals surface area contributed by atoms with Gasteiger partial charge in [0.05, 0.1) is 5.56 Å². The van der Waals surface area contributed by atoms with Crippen LogP contribution in [0, 0.1) is 11.6 Å². The number of hydrogen-bond donors (Lipinski definition) is 2. The molecule has 0 unspecified atom stereocenters. The van der Waals surface area contributed by atoms with Gasteiger partial charge >= 0.3 is 12.2 Å². The van der Waals surface area contributed by atoms with Gasteiger partial charge in [0, 0.05) is 30.6 Å². The van der Waals surface area contributed by atoms with Crippen LogP contribution in [-0.2, 0) is 6.18 Å². The third-order valence-electron chi connectivity index (χ3n) is 4.09. The van der Waals surface area contributed by atoms with Crippen LogP contribution in [-0.4, -0.2) is 18.2 Å². The van der Waals surface area contributed by atoms with Crippen LogP contribution in [0.1, 0.15) is 18.4 Å². The van der Waals surface area contributed by atoms with Gasteiger partial charge in [0.15, 0.2) is 11.6 Å². The largest absolute Gasteiger partial charge is 0.490 e. The van der Waals surface area contributed by atoms with E-state index in [0.717, 1.165) is 24.3 Å². The Morgan fingerprint density at radius 1 is 1.00 bits per heavy atom. The van der Waals surface area contributed by atoms with E-state index in [-0.39, 0.29) is 17.8 Å². The molecule has 1 aliphatic rings. The third-order valence-corrected chi connectivity index (χ3v) is 4.09. The molecule has 144 valence electrons. The quantitative estimate of drug-likeness (QED) is 0.748. The van der Waals surface area contributed by atoms with Crippen LogP contribution < -0.4 is 15.4 Å². The summed E-state index contributed by atoms with van der Waals surface area (Å²) in [6.45, 7) is 0. The Kier molecular flexibility index (Phi) is 5.20. The van der Waals surface area contributed by atoms with Crippen molar-refractivity contribution in [1.29, 1.82) is 0 Å². The number of carbonyl (C=O) groups excluding carboxylic acids is 1. The van der Waals surface area contributed by atoms with E-state index >= 15 is 0 Å². The molecule has 0 atom stereocenters. The number of halogens is 5. The van der Waals surface area contributed by atoms with Crippen LogP contribution in [0.15, 0.2) is 42.5 Å². The van der Waals surface area contributed by atoms with Crippen LogP contribution >= 0.6 is 0 Å². The van der Waals surface area contributed by atoms with Crippen LogP contribution in [0.4, 0.5) is 32.4 Å². The molecule has 1 saturated carbocycles. The molecule has 0 bridgehead atoms. The molecule has 4 nitrogen and oxygen atoms in total. The van der Waals surface area contributed by atoms with E-state index < -0.39 is 29.4 Å². The number of rotatable bonds is 4. The zero-order chi connectivity index (χ0) is 19.6. The van der Waals surface area contributed by atoms with Crippen molar-refractivity contribution in [3.63, 3.8) is 0 Å². The molecule has 2 aromatic carbocycles. The highest BCUT2D eigenvalue weighted by Crippen LogP contribution is 2.32. The van der Waals surface area contributed by atoms with Crippen molar-refractivity contribution in [1.82, 2.24) is 5.32 Å². The Hall–Kier alpha value is -2.84. The first-order chi connectivity index (χ1) is 12.7. The van der Waals surface area contributed by atoms with E-state index in [9.17, 15) is 26.7 Å². The van der Waals surface area contributed by atoms with Gasteiger partial charge in [0.1, 0.15) is 11.9 Å². The van der Waals surface area contributed by atoms with Crippen molar-refractivity contribution in [3.05, 3.63) is 59.7 Å². The van der Waals surface area contributed by atoms with E-state index in [2.05, 4.69) is 10.6 Å². The van der Waals surface area contributed by atoms with Crippen molar-refractivity contribution in [2.75, 3.05) is 5.32 Å². The summed E-state index contributed by atoms with van der Waals surface area (Å²) in [4.78, 5) is 11.8. The lowest BCUT2D eigenvalue weighted by Crippen LogP contribution is -2.50. The summed E-state index contributed by atoms with van der Waals surface area (Å²) in [5.74, 6) is -1.76. The van der Waals surface area contributed by atoms with Gasteiger partial charge in [-0.05, 0) is 36.4 Å². The highest BCUT2D eigenvalue weighted by molar-refractivity contribution is 5.89. The van der Waals surface area contributed by atoms with Gasteiger partial charge in [-0.25, -0.2) is 13.6 Å². The van der Waals surface area contributed by atoms with Crippen LogP contribution in [0.2, 0.25) is 0 Å². The minimum Gasteiger partial charge on any atom is -0.490 e. The lowest BCUT2D eigenvalue weighted by atomic mass is 9.89. The maximum Gasteiger partial charge on any atom is 0.416 e. The molecular weight excluding hydrogens is 371 g/mol. The zero-order valence-electron chi connectivity index (χ0n) is 13.8. The molecule has 3 rings (SSSR count). The fourth-order valence-electron chi connectivity index (χ4n) is 2.62. The van der Waals surface area contributed by atoms with Gasteiger partial charge in [-0.15, -0.1) is 0 Å². The van der Waals surface area contributed by atoms with Crippen LogP contribution in [0.25, 0.3) is 0 Å². The normalized spacial score (nSPS) is 19.1. The molecule has 2 aromatic rings. The van der Waals surface area contributed by atoms with Crippen molar-refractivity contribution in [2.24, 2.45) is 0 Å². The summed E-state index contributed by atoms with van der Waals surface area (Å²) in [6.07, 6.45) is -3.67. The summed E-state index contributed by atoms with van der Waals surface area (Å²) >= 11 is 0. The summed E-state index contributed by atoms with van der Waals surface area (Å²) < 4.78 is 69.0. The lowest BCUT2D eigenvalue weighted by molar-refractivity contribution is -0.137. The van der Waals surface area contributed by atoms with Gasteiger partial charge in [-0.1, -0.05) is 0 Å². The standard InChI is InChI=1S/C18H15F5N2O2/c19-15-6-3-11(9-16(15)20)24-17(26)25-12-7-14(8-12)27-13-4-1-10(2-5-13)18(21,22)23/h1-6,9,12,14H,7-8H2,(H2,24,25,26)/t12-,14-. The first-order valence-electron chi connectivity index (χ1n) is 8.07. The Labute approximate surface area is 151 Å². The fraction of sp³-hybridized carbons (Fsp3) is 0.278. The molecular formula is C18H15F5N2O2. The van der Waals surface area contributed by atoms with E-state index in [4.69, 9.17) is 4.74 Å². The molecule has 0 radical (unpaired) electrons. The Bertz CT molecular complexity index is 817. The van der Waals surface area contributed by atoms with Crippen molar-refractivity contribution < 1.29 is 31.5 Å². The highest BCUT2D eigenvalue weighted by atomic mass is 19.4. The molecule has 2 amide bonds. The molecule has 1 fully saturated rings. The summed E-state index contributed by atoms with van der Waals surface area (Å²) in [7, 11) is 0. The van der Waals surface area contributed by atoms with Gasteiger partial charge in [-0.3, -0.25) is 0 Å². The van der Waals surface area contributed by atoms with E-state index in [1.165, 1.54) is 18.2 Å². The van der Waals surface area contributed by atoms with Gasteiger partial charge in [0.2, 0.25) is 0 Å².